The number of hydrogen-bond acceptors (Lipinski definition) is 6. The average molecular weight is 306 g/mol. The Morgan fingerprint density at radius 2 is 2.29 bits per heavy atom. The number of nitrogens with two attached hydrogens (primary N) is 1. The largest absolute Gasteiger partial charge is 0.308 e. The molecule has 3 rings (SSSR count). The maximum absolute atomic E-state index is 5.57. The first-order valence-electron chi connectivity index (χ1n) is 7.44. The van der Waals surface area contributed by atoms with Gasteiger partial charge in [-0.3, -0.25) is 4.68 Å². The first-order chi connectivity index (χ1) is 10.2. The zero-order valence-electron chi connectivity index (χ0n) is 12.5. The van der Waals surface area contributed by atoms with Crippen molar-refractivity contribution in [2.45, 2.75) is 43.6 Å². The number of hydrazine groups is 1. The lowest BCUT2D eigenvalue weighted by molar-refractivity contribution is 0.394. The first-order valence-corrected chi connectivity index (χ1v) is 8.49. The summed E-state index contributed by atoms with van der Waals surface area (Å²) in [5.74, 6) is 8.71. The molecule has 0 spiro atoms. The van der Waals surface area contributed by atoms with Gasteiger partial charge in [-0.1, -0.05) is 19.8 Å². The minimum absolute atomic E-state index is 0.653. The fraction of sp³-hybridized carbons (Fsp3) is 0.643. The number of rotatable bonds is 4. The van der Waals surface area contributed by atoms with E-state index >= 15 is 0 Å². The van der Waals surface area contributed by atoms with Gasteiger partial charge in [-0.05, 0) is 18.8 Å². The van der Waals surface area contributed by atoms with E-state index in [2.05, 4.69) is 27.4 Å². The van der Waals surface area contributed by atoms with Crippen LogP contribution in [-0.4, -0.2) is 25.0 Å². The van der Waals surface area contributed by atoms with E-state index in [1.54, 1.807) is 10.9 Å². The molecule has 1 fully saturated rings. The Bertz CT molecular complexity index is 625. The third-order valence-corrected chi connectivity index (χ3v) is 5.44. The summed E-state index contributed by atoms with van der Waals surface area (Å²) >= 11 is 1.97. The van der Waals surface area contributed by atoms with Crippen molar-refractivity contribution < 1.29 is 0 Å². The summed E-state index contributed by atoms with van der Waals surface area (Å²) in [5, 5.41) is 5.81. The molecule has 0 bridgehead atoms. The molecule has 6 nitrogen and oxygen atoms in total. The summed E-state index contributed by atoms with van der Waals surface area (Å²) in [6.45, 7) is 2.35. The standard InChI is InChI=1S/C14H22N6S/c1-9-4-3-5-10(6-9)21-8-12-17-13(19-15)11-7-16-20(2)14(11)18-12/h7,9-10H,3-6,8,15H2,1-2H3,(H,17,18,19). The second-order valence-corrected chi connectivity index (χ2v) is 7.13. The van der Waals surface area contributed by atoms with E-state index in [9.17, 15) is 0 Å². The van der Waals surface area contributed by atoms with Crippen LogP contribution >= 0.6 is 11.8 Å². The number of nitrogen functional groups attached to an aromatic ring is 1. The van der Waals surface area contributed by atoms with Gasteiger partial charge in [-0.25, -0.2) is 15.8 Å². The van der Waals surface area contributed by atoms with Crippen molar-refractivity contribution in [1.82, 2.24) is 19.7 Å². The van der Waals surface area contributed by atoms with Gasteiger partial charge in [0.05, 0.1) is 17.3 Å². The molecule has 0 amide bonds. The number of nitrogens with zero attached hydrogens (tertiary/aromatic N) is 4. The van der Waals surface area contributed by atoms with Crippen LogP contribution in [0.1, 0.15) is 38.4 Å². The van der Waals surface area contributed by atoms with Crippen LogP contribution in [0.5, 0.6) is 0 Å². The predicted molar refractivity (Wildman–Crippen MR) is 86.8 cm³/mol. The number of nitrogens with one attached hydrogen (secondary N) is 1. The van der Waals surface area contributed by atoms with E-state index in [0.29, 0.717) is 5.82 Å². The maximum atomic E-state index is 5.57. The van der Waals surface area contributed by atoms with E-state index in [0.717, 1.165) is 33.8 Å². The molecule has 1 saturated carbocycles. The first kappa shape index (κ1) is 14.6. The number of fused-ring (bicyclic) bond motifs is 1. The van der Waals surface area contributed by atoms with Crippen molar-refractivity contribution in [3.63, 3.8) is 0 Å². The Kier molecular flexibility index (Phi) is 4.30. The number of anilines is 1. The smallest absolute Gasteiger partial charge is 0.163 e. The van der Waals surface area contributed by atoms with Crippen molar-refractivity contribution >= 4 is 28.6 Å². The molecule has 0 saturated heterocycles. The van der Waals surface area contributed by atoms with Gasteiger partial charge in [0.25, 0.3) is 0 Å². The van der Waals surface area contributed by atoms with Crippen LogP contribution in [0, 0.1) is 5.92 Å². The summed E-state index contributed by atoms with van der Waals surface area (Å²) < 4.78 is 1.76. The third kappa shape index (κ3) is 3.13. The Hall–Kier alpha value is -1.34. The minimum Gasteiger partial charge on any atom is -0.308 e. The summed E-state index contributed by atoms with van der Waals surface area (Å²) in [4.78, 5) is 9.13. The zero-order valence-corrected chi connectivity index (χ0v) is 13.4. The highest BCUT2D eigenvalue weighted by atomic mass is 32.2. The van der Waals surface area contributed by atoms with Gasteiger partial charge in [-0.2, -0.15) is 16.9 Å². The molecule has 0 aliphatic heterocycles. The second kappa shape index (κ2) is 6.19. The van der Waals surface area contributed by atoms with Crippen LogP contribution in [0.15, 0.2) is 6.20 Å². The molecular formula is C14H22N6S. The minimum atomic E-state index is 0.653. The van der Waals surface area contributed by atoms with Crippen molar-refractivity contribution in [1.29, 1.82) is 0 Å². The van der Waals surface area contributed by atoms with Crippen LogP contribution < -0.4 is 11.3 Å². The molecule has 1 aliphatic carbocycles. The van der Waals surface area contributed by atoms with Gasteiger partial charge in [-0.15, -0.1) is 0 Å². The van der Waals surface area contributed by atoms with Crippen LogP contribution in [0.2, 0.25) is 0 Å². The SMILES string of the molecule is CC1CCCC(SCc2nc(NN)c3cnn(C)c3n2)C1. The predicted octanol–water partition coefficient (Wildman–Crippen LogP) is 2.46. The van der Waals surface area contributed by atoms with E-state index in [4.69, 9.17) is 5.84 Å². The number of thioether (sulfide) groups is 1. The summed E-state index contributed by atoms with van der Waals surface area (Å²) in [6.07, 6.45) is 7.07. The van der Waals surface area contributed by atoms with Crippen molar-refractivity contribution in [2.24, 2.45) is 18.8 Å². The number of aryl methyl sites for hydroxylation is 1. The monoisotopic (exact) mass is 306 g/mol. The van der Waals surface area contributed by atoms with Gasteiger partial charge in [0.1, 0.15) is 5.82 Å². The average Bonchev–Trinajstić information content (AvgIpc) is 2.86. The quantitative estimate of drug-likeness (QED) is 0.667. The molecule has 1 aliphatic rings. The molecule has 21 heavy (non-hydrogen) atoms. The lowest BCUT2D eigenvalue weighted by Crippen LogP contribution is -2.16. The molecule has 2 atom stereocenters. The van der Waals surface area contributed by atoms with E-state index in [-0.39, 0.29) is 0 Å². The molecule has 0 aromatic carbocycles. The van der Waals surface area contributed by atoms with E-state index < -0.39 is 0 Å². The van der Waals surface area contributed by atoms with Gasteiger partial charge in [0.2, 0.25) is 0 Å². The molecule has 3 N–H and O–H groups in total. The summed E-state index contributed by atoms with van der Waals surface area (Å²) in [7, 11) is 1.88. The van der Waals surface area contributed by atoms with E-state index in [1.807, 2.05) is 18.8 Å². The Morgan fingerprint density at radius 3 is 3.05 bits per heavy atom. The second-order valence-electron chi connectivity index (χ2n) is 5.84. The molecule has 2 heterocycles. The maximum Gasteiger partial charge on any atom is 0.163 e. The van der Waals surface area contributed by atoms with E-state index in [1.165, 1.54) is 25.7 Å². The lowest BCUT2D eigenvalue weighted by Gasteiger charge is -2.25. The Balaban J connectivity index is 1.75. The van der Waals surface area contributed by atoms with Crippen LogP contribution in [0.25, 0.3) is 11.0 Å². The van der Waals surface area contributed by atoms with Crippen LogP contribution in [0.4, 0.5) is 5.82 Å². The van der Waals surface area contributed by atoms with Gasteiger partial charge < -0.3 is 5.43 Å². The highest BCUT2D eigenvalue weighted by Crippen LogP contribution is 2.33. The summed E-state index contributed by atoms with van der Waals surface area (Å²) in [6, 6.07) is 0. The molecule has 2 aromatic rings. The van der Waals surface area contributed by atoms with Crippen LogP contribution in [0.3, 0.4) is 0 Å². The lowest BCUT2D eigenvalue weighted by atomic mass is 9.91. The van der Waals surface area contributed by atoms with Gasteiger partial charge >= 0.3 is 0 Å². The Labute approximate surface area is 128 Å². The Morgan fingerprint density at radius 1 is 1.43 bits per heavy atom. The molecule has 7 heteroatoms. The zero-order chi connectivity index (χ0) is 14.8. The summed E-state index contributed by atoms with van der Waals surface area (Å²) in [5.41, 5.74) is 3.48. The topological polar surface area (TPSA) is 81.6 Å². The molecule has 2 unspecified atom stereocenters. The fourth-order valence-corrected chi connectivity index (χ4v) is 4.28. The third-order valence-electron chi connectivity index (χ3n) is 4.11. The van der Waals surface area contributed by atoms with Crippen molar-refractivity contribution in [3.05, 3.63) is 12.0 Å². The number of aromatic nitrogens is 4. The van der Waals surface area contributed by atoms with Gasteiger partial charge in [0.15, 0.2) is 11.5 Å². The highest BCUT2D eigenvalue weighted by molar-refractivity contribution is 7.99. The molecule has 2 aromatic heterocycles. The highest BCUT2D eigenvalue weighted by Gasteiger charge is 2.20. The normalized spacial score (nSPS) is 22.6. The van der Waals surface area contributed by atoms with Crippen molar-refractivity contribution in [3.8, 4) is 0 Å². The van der Waals surface area contributed by atoms with Crippen LogP contribution in [-0.2, 0) is 12.8 Å². The fourth-order valence-electron chi connectivity index (χ4n) is 2.96. The number of hydrogen-bond donors (Lipinski definition) is 2. The molecule has 0 radical (unpaired) electrons. The van der Waals surface area contributed by atoms with Gasteiger partial charge in [0, 0.05) is 12.3 Å². The molecule has 114 valence electrons. The van der Waals surface area contributed by atoms with Crippen molar-refractivity contribution in [2.75, 3.05) is 5.43 Å². The molecular weight excluding hydrogens is 284 g/mol.